The van der Waals surface area contributed by atoms with Crippen LogP contribution in [0.1, 0.15) is 43.0 Å². The molecule has 0 aromatic heterocycles. The number of carbonyl (C=O) groups is 1. The molecule has 1 N–H and O–H groups in total. The molecule has 1 amide bonds. The van der Waals surface area contributed by atoms with E-state index in [1.807, 2.05) is 24.3 Å². The van der Waals surface area contributed by atoms with E-state index >= 15 is 0 Å². The summed E-state index contributed by atoms with van der Waals surface area (Å²) in [6.45, 7) is 6.27. The van der Waals surface area contributed by atoms with Gasteiger partial charge in [0.05, 0.1) is 6.04 Å². The minimum atomic E-state index is -0.100. The fraction of sp³-hybridized carbons (Fsp3) is 0.350. The van der Waals surface area contributed by atoms with Gasteiger partial charge in [-0.25, -0.2) is 0 Å². The fourth-order valence-corrected chi connectivity index (χ4v) is 2.43. The van der Waals surface area contributed by atoms with Crippen molar-refractivity contribution in [3.63, 3.8) is 0 Å². The van der Waals surface area contributed by atoms with Gasteiger partial charge in [0.2, 0.25) is 0 Å². The number of carbonyl (C=O) groups excluding carboxylic acids is 1. The van der Waals surface area contributed by atoms with E-state index in [0.717, 1.165) is 24.2 Å². The second kappa shape index (κ2) is 8.37. The van der Waals surface area contributed by atoms with Crippen molar-refractivity contribution in [2.75, 3.05) is 6.61 Å². The molecule has 0 heterocycles. The molecule has 0 radical (unpaired) electrons. The first kappa shape index (κ1) is 17.1. The van der Waals surface area contributed by atoms with Gasteiger partial charge in [0, 0.05) is 0 Å². The molecule has 0 unspecified atom stereocenters. The van der Waals surface area contributed by atoms with Crippen LogP contribution in [0.2, 0.25) is 0 Å². The first-order valence-corrected chi connectivity index (χ1v) is 8.20. The molecule has 2 aromatic rings. The van der Waals surface area contributed by atoms with Crippen molar-refractivity contribution in [3.8, 4) is 5.75 Å². The second-order valence-corrected chi connectivity index (χ2v) is 5.73. The SMILES string of the molecule is CCc1ccc(OCC(=O)N[C@@H](CC)c2ccc(C)cc2)cc1. The molecule has 122 valence electrons. The van der Waals surface area contributed by atoms with Gasteiger partial charge < -0.3 is 10.1 Å². The van der Waals surface area contributed by atoms with Crippen LogP contribution in [-0.2, 0) is 11.2 Å². The Hall–Kier alpha value is -2.29. The number of nitrogens with one attached hydrogen (secondary N) is 1. The molecule has 2 aromatic carbocycles. The maximum Gasteiger partial charge on any atom is 0.258 e. The molecule has 3 heteroatoms. The Morgan fingerprint density at radius 1 is 1.04 bits per heavy atom. The van der Waals surface area contributed by atoms with Gasteiger partial charge in [0.15, 0.2) is 6.61 Å². The summed E-state index contributed by atoms with van der Waals surface area (Å²) in [5, 5.41) is 3.03. The van der Waals surface area contributed by atoms with Crippen LogP contribution in [0, 0.1) is 6.92 Å². The Kier molecular flexibility index (Phi) is 6.21. The summed E-state index contributed by atoms with van der Waals surface area (Å²) in [6.07, 6.45) is 1.84. The molecule has 0 bridgehead atoms. The zero-order chi connectivity index (χ0) is 16.7. The highest BCUT2D eigenvalue weighted by Gasteiger charge is 2.13. The molecular weight excluding hydrogens is 286 g/mol. The largest absolute Gasteiger partial charge is 0.484 e. The van der Waals surface area contributed by atoms with Crippen LogP contribution in [-0.4, -0.2) is 12.5 Å². The molecule has 0 saturated heterocycles. The predicted octanol–water partition coefficient (Wildman–Crippen LogP) is 4.20. The van der Waals surface area contributed by atoms with Crippen molar-refractivity contribution in [2.24, 2.45) is 0 Å². The van der Waals surface area contributed by atoms with Crippen molar-refractivity contribution in [3.05, 3.63) is 65.2 Å². The molecule has 0 aliphatic carbocycles. The number of ether oxygens (including phenoxy) is 1. The van der Waals surface area contributed by atoms with Gasteiger partial charge >= 0.3 is 0 Å². The number of hydrogen-bond donors (Lipinski definition) is 1. The van der Waals surface area contributed by atoms with Crippen LogP contribution in [0.15, 0.2) is 48.5 Å². The first-order chi connectivity index (χ1) is 11.1. The lowest BCUT2D eigenvalue weighted by molar-refractivity contribution is -0.123. The molecular formula is C20H25NO2. The van der Waals surface area contributed by atoms with Crippen molar-refractivity contribution in [1.82, 2.24) is 5.32 Å². The zero-order valence-corrected chi connectivity index (χ0v) is 14.1. The molecule has 0 saturated carbocycles. The van der Waals surface area contributed by atoms with Crippen LogP contribution in [0.25, 0.3) is 0 Å². The highest BCUT2D eigenvalue weighted by Crippen LogP contribution is 2.17. The van der Waals surface area contributed by atoms with E-state index in [-0.39, 0.29) is 18.6 Å². The lowest BCUT2D eigenvalue weighted by Gasteiger charge is -2.18. The minimum absolute atomic E-state index is 0.0224. The Labute approximate surface area is 138 Å². The van der Waals surface area contributed by atoms with E-state index in [0.29, 0.717) is 0 Å². The third-order valence-electron chi connectivity index (χ3n) is 3.92. The normalized spacial score (nSPS) is 11.8. The third kappa shape index (κ3) is 5.13. The van der Waals surface area contributed by atoms with Crippen LogP contribution in [0.4, 0.5) is 0 Å². The molecule has 0 spiro atoms. The number of rotatable bonds is 7. The van der Waals surface area contributed by atoms with Gasteiger partial charge in [-0.3, -0.25) is 4.79 Å². The van der Waals surface area contributed by atoms with E-state index in [1.54, 1.807) is 0 Å². The molecule has 23 heavy (non-hydrogen) atoms. The number of hydrogen-bond acceptors (Lipinski definition) is 2. The van der Waals surface area contributed by atoms with Crippen LogP contribution >= 0.6 is 0 Å². The van der Waals surface area contributed by atoms with E-state index in [9.17, 15) is 4.79 Å². The maximum absolute atomic E-state index is 12.1. The van der Waals surface area contributed by atoms with Crippen LogP contribution < -0.4 is 10.1 Å². The van der Waals surface area contributed by atoms with Gasteiger partial charge in [-0.2, -0.15) is 0 Å². The maximum atomic E-state index is 12.1. The summed E-state index contributed by atoms with van der Waals surface area (Å²) >= 11 is 0. The second-order valence-electron chi connectivity index (χ2n) is 5.73. The van der Waals surface area contributed by atoms with E-state index in [4.69, 9.17) is 4.74 Å². The molecule has 0 aliphatic rings. The average Bonchev–Trinajstić information content (AvgIpc) is 2.59. The number of benzene rings is 2. The van der Waals surface area contributed by atoms with Crippen molar-refractivity contribution in [2.45, 2.75) is 39.7 Å². The Morgan fingerprint density at radius 2 is 1.70 bits per heavy atom. The van der Waals surface area contributed by atoms with Crippen molar-refractivity contribution in [1.29, 1.82) is 0 Å². The van der Waals surface area contributed by atoms with E-state index in [1.165, 1.54) is 11.1 Å². The summed E-state index contributed by atoms with van der Waals surface area (Å²) < 4.78 is 5.56. The zero-order valence-electron chi connectivity index (χ0n) is 14.1. The molecule has 3 nitrogen and oxygen atoms in total. The van der Waals surface area contributed by atoms with Crippen LogP contribution in [0.3, 0.4) is 0 Å². The van der Waals surface area contributed by atoms with E-state index in [2.05, 4.69) is 50.4 Å². The van der Waals surface area contributed by atoms with Gasteiger partial charge in [-0.15, -0.1) is 0 Å². The Bertz CT molecular complexity index is 617. The standard InChI is InChI=1S/C20H25NO2/c1-4-16-8-12-18(13-9-16)23-14-20(22)21-19(5-2)17-10-6-15(3)7-11-17/h6-13,19H,4-5,14H2,1-3H3,(H,21,22)/t19-/m0/s1. The Balaban J connectivity index is 1.88. The summed E-state index contributed by atoms with van der Waals surface area (Å²) in [5.74, 6) is 0.623. The smallest absolute Gasteiger partial charge is 0.258 e. The lowest BCUT2D eigenvalue weighted by atomic mass is 10.0. The highest BCUT2D eigenvalue weighted by atomic mass is 16.5. The summed E-state index contributed by atoms with van der Waals surface area (Å²) in [4.78, 5) is 12.1. The molecule has 0 fully saturated rings. The summed E-state index contributed by atoms with van der Waals surface area (Å²) in [5.41, 5.74) is 3.60. The fourth-order valence-electron chi connectivity index (χ4n) is 2.43. The molecule has 2 rings (SSSR count). The van der Waals surface area contributed by atoms with E-state index < -0.39 is 0 Å². The highest BCUT2D eigenvalue weighted by molar-refractivity contribution is 5.78. The van der Waals surface area contributed by atoms with Crippen molar-refractivity contribution < 1.29 is 9.53 Å². The summed E-state index contributed by atoms with van der Waals surface area (Å²) in [7, 11) is 0. The average molecular weight is 311 g/mol. The van der Waals surface area contributed by atoms with Crippen molar-refractivity contribution >= 4 is 5.91 Å². The van der Waals surface area contributed by atoms with Gasteiger partial charge in [-0.1, -0.05) is 55.8 Å². The molecule has 0 aliphatic heterocycles. The first-order valence-electron chi connectivity index (χ1n) is 8.20. The van der Waals surface area contributed by atoms with Gasteiger partial charge in [0.25, 0.3) is 5.91 Å². The number of aryl methyl sites for hydroxylation is 2. The quantitative estimate of drug-likeness (QED) is 0.832. The lowest BCUT2D eigenvalue weighted by Crippen LogP contribution is -2.32. The van der Waals surface area contributed by atoms with Gasteiger partial charge in [0.1, 0.15) is 5.75 Å². The topological polar surface area (TPSA) is 38.3 Å². The van der Waals surface area contributed by atoms with Crippen LogP contribution in [0.5, 0.6) is 5.75 Å². The number of amides is 1. The Morgan fingerprint density at radius 3 is 2.26 bits per heavy atom. The predicted molar refractivity (Wildman–Crippen MR) is 93.7 cm³/mol. The summed E-state index contributed by atoms with van der Waals surface area (Å²) in [6, 6.07) is 16.1. The molecule has 1 atom stereocenters. The van der Waals surface area contributed by atoms with Gasteiger partial charge in [-0.05, 0) is 43.0 Å². The monoisotopic (exact) mass is 311 g/mol. The minimum Gasteiger partial charge on any atom is -0.484 e. The third-order valence-corrected chi connectivity index (χ3v) is 3.92.